The highest BCUT2D eigenvalue weighted by Gasteiger charge is 2.27. The summed E-state index contributed by atoms with van der Waals surface area (Å²) >= 11 is 0. The van der Waals surface area contributed by atoms with Crippen LogP contribution in [0.2, 0.25) is 0 Å². The van der Waals surface area contributed by atoms with Crippen molar-refractivity contribution in [2.75, 3.05) is 19.8 Å². The summed E-state index contributed by atoms with van der Waals surface area (Å²) in [6.45, 7) is 6.31. The zero-order chi connectivity index (χ0) is 14.1. The molecular formula is C16H21NO3. The minimum atomic E-state index is 0.0664. The first-order valence-corrected chi connectivity index (χ1v) is 7.35. The maximum atomic E-state index is 12.1. The lowest BCUT2D eigenvalue weighted by molar-refractivity contribution is -0.120. The van der Waals surface area contributed by atoms with E-state index in [-0.39, 0.29) is 5.91 Å². The molecule has 20 heavy (non-hydrogen) atoms. The first kappa shape index (κ1) is 13.3. The fourth-order valence-electron chi connectivity index (χ4n) is 2.81. The van der Waals surface area contributed by atoms with Crippen LogP contribution >= 0.6 is 0 Å². The van der Waals surface area contributed by atoms with Gasteiger partial charge >= 0.3 is 0 Å². The van der Waals surface area contributed by atoms with Gasteiger partial charge in [-0.3, -0.25) is 4.79 Å². The average molecular weight is 275 g/mol. The molecule has 0 unspecified atom stereocenters. The average Bonchev–Trinajstić information content (AvgIpc) is 3.04. The van der Waals surface area contributed by atoms with Gasteiger partial charge in [0.25, 0.3) is 0 Å². The van der Waals surface area contributed by atoms with Crippen LogP contribution in [0.15, 0.2) is 6.07 Å². The lowest BCUT2D eigenvalue weighted by Crippen LogP contribution is -2.29. The maximum absolute atomic E-state index is 12.1. The molecule has 4 nitrogen and oxygen atoms in total. The number of carbonyl (C=O) groups is 1. The monoisotopic (exact) mass is 275 g/mol. The summed E-state index contributed by atoms with van der Waals surface area (Å²) < 4.78 is 11.4. The minimum Gasteiger partial charge on any atom is -0.493 e. The van der Waals surface area contributed by atoms with E-state index in [9.17, 15) is 4.79 Å². The molecule has 0 aromatic heterocycles. The summed E-state index contributed by atoms with van der Waals surface area (Å²) in [4.78, 5) is 12.1. The van der Waals surface area contributed by atoms with Crippen molar-refractivity contribution in [2.24, 2.45) is 5.92 Å². The van der Waals surface area contributed by atoms with E-state index in [0.717, 1.165) is 35.5 Å². The Morgan fingerprint density at radius 1 is 1.30 bits per heavy atom. The number of carbonyl (C=O) groups excluding carboxylic acids is 1. The molecule has 0 saturated heterocycles. The predicted molar refractivity (Wildman–Crippen MR) is 76.4 cm³/mol. The van der Waals surface area contributed by atoms with Crippen LogP contribution in [0.3, 0.4) is 0 Å². The van der Waals surface area contributed by atoms with E-state index >= 15 is 0 Å². The van der Waals surface area contributed by atoms with Crippen LogP contribution in [0.25, 0.3) is 0 Å². The summed E-state index contributed by atoms with van der Waals surface area (Å²) in [5.41, 5.74) is 3.37. The second-order valence-corrected chi connectivity index (χ2v) is 5.89. The van der Waals surface area contributed by atoms with Crippen molar-refractivity contribution in [3.8, 4) is 11.5 Å². The SMILES string of the molecule is CC(C)CNC(=O)Cc1c2c(cc3c1OCC3)OCC2. The van der Waals surface area contributed by atoms with Crippen molar-refractivity contribution < 1.29 is 14.3 Å². The molecule has 0 saturated carbocycles. The first-order chi connectivity index (χ1) is 9.65. The number of nitrogens with one attached hydrogen (secondary N) is 1. The second-order valence-electron chi connectivity index (χ2n) is 5.89. The molecule has 1 aromatic rings. The van der Waals surface area contributed by atoms with Crippen LogP contribution in [-0.4, -0.2) is 25.7 Å². The van der Waals surface area contributed by atoms with Crippen molar-refractivity contribution in [1.82, 2.24) is 5.32 Å². The van der Waals surface area contributed by atoms with Crippen LogP contribution in [-0.2, 0) is 24.1 Å². The van der Waals surface area contributed by atoms with Crippen LogP contribution in [0.4, 0.5) is 0 Å². The summed E-state index contributed by atoms with van der Waals surface area (Å²) in [5, 5.41) is 2.98. The van der Waals surface area contributed by atoms with Gasteiger partial charge in [-0.25, -0.2) is 0 Å². The largest absolute Gasteiger partial charge is 0.493 e. The first-order valence-electron chi connectivity index (χ1n) is 7.35. The van der Waals surface area contributed by atoms with E-state index in [1.165, 1.54) is 5.56 Å². The second kappa shape index (κ2) is 5.35. The van der Waals surface area contributed by atoms with Gasteiger partial charge in [-0.05, 0) is 12.0 Å². The molecule has 0 aliphatic carbocycles. The number of amides is 1. The van der Waals surface area contributed by atoms with Crippen LogP contribution in [0.5, 0.6) is 11.5 Å². The summed E-state index contributed by atoms with van der Waals surface area (Å²) in [5.74, 6) is 2.40. The Hall–Kier alpha value is -1.71. The Morgan fingerprint density at radius 3 is 2.90 bits per heavy atom. The van der Waals surface area contributed by atoms with Crippen molar-refractivity contribution in [1.29, 1.82) is 0 Å². The molecule has 4 heteroatoms. The Labute approximate surface area is 119 Å². The molecule has 108 valence electrons. The number of fused-ring (bicyclic) bond motifs is 2. The Morgan fingerprint density at radius 2 is 2.10 bits per heavy atom. The number of hydrogen-bond donors (Lipinski definition) is 1. The minimum absolute atomic E-state index is 0.0664. The highest BCUT2D eigenvalue weighted by atomic mass is 16.5. The van der Waals surface area contributed by atoms with Gasteiger partial charge in [-0.1, -0.05) is 13.8 Å². The number of benzene rings is 1. The Bertz CT molecular complexity index is 505. The predicted octanol–water partition coefficient (Wildman–Crippen LogP) is 1.87. The fourth-order valence-corrected chi connectivity index (χ4v) is 2.81. The van der Waals surface area contributed by atoms with Crippen molar-refractivity contribution in [2.45, 2.75) is 33.1 Å². The van der Waals surface area contributed by atoms with E-state index in [0.29, 0.717) is 32.1 Å². The number of ether oxygens (including phenoxy) is 2. The van der Waals surface area contributed by atoms with E-state index in [2.05, 4.69) is 25.2 Å². The van der Waals surface area contributed by atoms with Gasteiger partial charge in [0.1, 0.15) is 11.5 Å². The molecule has 2 aliphatic heterocycles. The van der Waals surface area contributed by atoms with E-state index in [1.807, 2.05) is 0 Å². The van der Waals surface area contributed by atoms with Gasteiger partial charge in [-0.2, -0.15) is 0 Å². The molecule has 0 atom stereocenters. The van der Waals surface area contributed by atoms with Gasteiger partial charge < -0.3 is 14.8 Å². The molecule has 0 bridgehead atoms. The zero-order valence-electron chi connectivity index (χ0n) is 12.1. The standard InChI is InChI=1S/C16H21NO3/c1-10(2)9-17-15(18)8-13-12-4-6-19-14(12)7-11-3-5-20-16(11)13/h7,10H,3-6,8-9H2,1-2H3,(H,17,18). The third kappa shape index (κ3) is 2.47. The van der Waals surface area contributed by atoms with E-state index < -0.39 is 0 Å². The van der Waals surface area contributed by atoms with Gasteiger partial charge in [0.2, 0.25) is 5.91 Å². The Balaban J connectivity index is 1.84. The molecule has 0 fully saturated rings. The summed E-state index contributed by atoms with van der Waals surface area (Å²) in [6.07, 6.45) is 2.17. The third-order valence-electron chi connectivity index (χ3n) is 3.81. The van der Waals surface area contributed by atoms with Crippen LogP contribution in [0.1, 0.15) is 30.5 Å². The smallest absolute Gasteiger partial charge is 0.224 e. The van der Waals surface area contributed by atoms with Gasteiger partial charge in [0, 0.05) is 36.1 Å². The van der Waals surface area contributed by atoms with E-state index in [4.69, 9.17) is 9.47 Å². The highest BCUT2D eigenvalue weighted by Crippen LogP contribution is 2.40. The van der Waals surface area contributed by atoms with Crippen molar-refractivity contribution >= 4 is 5.91 Å². The Kier molecular flexibility index (Phi) is 3.55. The topological polar surface area (TPSA) is 47.6 Å². The molecule has 1 amide bonds. The molecular weight excluding hydrogens is 254 g/mol. The zero-order valence-corrected chi connectivity index (χ0v) is 12.1. The van der Waals surface area contributed by atoms with Gasteiger partial charge in [-0.15, -0.1) is 0 Å². The lowest BCUT2D eigenvalue weighted by atomic mass is 9.97. The molecule has 1 N–H and O–H groups in total. The van der Waals surface area contributed by atoms with Gasteiger partial charge in [0.05, 0.1) is 19.6 Å². The molecule has 0 radical (unpaired) electrons. The molecule has 0 spiro atoms. The normalized spacial score (nSPS) is 15.6. The third-order valence-corrected chi connectivity index (χ3v) is 3.81. The highest BCUT2D eigenvalue weighted by molar-refractivity contribution is 5.80. The number of hydrogen-bond acceptors (Lipinski definition) is 3. The van der Waals surface area contributed by atoms with E-state index in [1.54, 1.807) is 0 Å². The maximum Gasteiger partial charge on any atom is 0.224 e. The van der Waals surface area contributed by atoms with Crippen LogP contribution < -0.4 is 14.8 Å². The quantitative estimate of drug-likeness (QED) is 0.912. The van der Waals surface area contributed by atoms with Crippen molar-refractivity contribution in [3.05, 3.63) is 22.8 Å². The van der Waals surface area contributed by atoms with Gasteiger partial charge in [0.15, 0.2) is 0 Å². The summed E-state index contributed by atoms with van der Waals surface area (Å²) in [6, 6.07) is 2.08. The van der Waals surface area contributed by atoms with Crippen LogP contribution in [0, 0.1) is 5.92 Å². The molecule has 3 rings (SSSR count). The lowest BCUT2D eigenvalue weighted by Gasteiger charge is -2.13. The molecule has 1 aromatic carbocycles. The van der Waals surface area contributed by atoms with Crippen molar-refractivity contribution in [3.63, 3.8) is 0 Å². The fraction of sp³-hybridized carbons (Fsp3) is 0.562. The number of rotatable bonds is 4. The molecule has 2 heterocycles. The summed E-state index contributed by atoms with van der Waals surface area (Å²) in [7, 11) is 0. The molecule has 2 aliphatic rings.